The number of ketones is 1. The summed E-state index contributed by atoms with van der Waals surface area (Å²) in [5.74, 6) is 0.461. The predicted molar refractivity (Wildman–Crippen MR) is 88.8 cm³/mol. The number of carbonyl (C=O) groups excluding carboxylic acids is 1. The third kappa shape index (κ3) is 2.25. The molecule has 0 saturated heterocycles. The van der Waals surface area contributed by atoms with Crippen molar-refractivity contribution in [1.29, 1.82) is 0 Å². The molecule has 0 N–H and O–H groups in total. The first-order valence-electron chi connectivity index (χ1n) is 6.87. The number of nitrogens with zero attached hydrogens (tertiary/aromatic N) is 3. The van der Waals surface area contributed by atoms with Gasteiger partial charge in [-0.3, -0.25) is 9.59 Å². The Kier molecular flexibility index (Phi) is 3.41. The van der Waals surface area contributed by atoms with E-state index in [0.29, 0.717) is 16.9 Å². The predicted octanol–water partition coefficient (Wildman–Crippen LogP) is 2.67. The topological polar surface area (TPSA) is 64.3 Å². The number of aromatic nitrogens is 2. The largest absolute Gasteiger partial charge is 0.290 e. The van der Waals surface area contributed by atoms with Crippen LogP contribution in [-0.2, 0) is 4.79 Å². The molecule has 0 amide bonds. The number of aryl methyl sites for hydroxylation is 3. The van der Waals surface area contributed by atoms with Gasteiger partial charge in [0, 0.05) is 4.88 Å². The normalized spacial score (nSPS) is 16.6. The van der Waals surface area contributed by atoms with Crippen molar-refractivity contribution < 1.29 is 4.79 Å². The first-order chi connectivity index (χ1) is 10.4. The van der Waals surface area contributed by atoms with Gasteiger partial charge < -0.3 is 0 Å². The van der Waals surface area contributed by atoms with E-state index in [0.717, 1.165) is 20.8 Å². The molecule has 1 aliphatic carbocycles. The Morgan fingerprint density at radius 3 is 2.55 bits per heavy atom. The second-order valence-corrected chi connectivity index (χ2v) is 6.49. The van der Waals surface area contributed by atoms with E-state index in [1.165, 1.54) is 28.2 Å². The highest BCUT2D eigenvalue weighted by Gasteiger charge is 2.15. The van der Waals surface area contributed by atoms with Crippen molar-refractivity contribution in [2.24, 2.45) is 5.10 Å². The second kappa shape index (κ2) is 5.14. The minimum Gasteiger partial charge on any atom is -0.290 e. The van der Waals surface area contributed by atoms with Crippen LogP contribution in [0.5, 0.6) is 0 Å². The van der Waals surface area contributed by atoms with Crippen LogP contribution >= 0.6 is 11.3 Å². The maximum atomic E-state index is 12.7. The summed E-state index contributed by atoms with van der Waals surface area (Å²) in [7, 11) is 0. The monoisotopic (exact) mass is 313 g/mol. The SMILES string of the molecule is CC1=CC(=O)C=C/C1=N/n1c(C)nc2sc(C)c(C)c2c1=O. The quantitative estimate of drug-likeness (QED) is 0.760. The van der Waals surface area contributed by atoms with Crippen molar-refractivity contribution >= 4 is 33.0 Å². The van der Waals surface area contributed by atoms with E-state index in [-0.39, 0.29) is 11.3 Å². The van der Waals surface area contributed by atoms with Crippen LogP contribution in [0.2, 0.25) is 0 Å². The fourth-order valence-corrected chi connectivity index (χ4v) is 3.42. The number of allylic oxidation sites excluding steroid dienone is 4. The number of thiophene rings is 1. The van der Waals surface area contributed by atoms with Gasteiger partial charge in [0.15, 0.2) is 5.78 Å². The maximum absolute atomic E-state index is 12.7. The summed E-state index contributed by atoms with van der Waals surface area (Å²) in [5.41, 5.74) is 2.11. The first-order valence-corrected chi connectivity index (χ1v) is 7.69. The van der Waals surface area contributed by atoms with Crippen LogP contribution in [0.15, 0.2) is 33.7 Å². The number of hydrogen-bond donors (Lipinski definition) is 0. The molecule has 0 atom stereocenters. The zero-order chi connectivity index (χ0) is 16.0. The van der Waals surface area contributed by atoms with Gasteiger partial charge in [0.05, 0.1) is 11.1 Å². The van der Waals surface area contributed by atoms with Crippen LogP contribution in [0.3, 0.4) is 0 Å². The lowest BCUT2D eigenvalue weighted by atomic mass is 10.1. The lowest BCUT2D eigenvalue weighted by Crippen LogP contribution is -2.22. The van der Waals surface area contributed by atoms with Gasteiger partial charge in [-0.25, -0.2) is 4.98 Å². The van der Waals surface area contributed by atoms with Gasteiger partial charge in [0.2, 0.25) is 0 Å². The van der Waals surface area contributed by atoms with Gasteiger partial charge in [-0.1, -0.05) is 0 Å². The van der Waals surface area contributed by atoms with Crippen molar-refractivity contribution in [3.05, 3.63) is 50.4 Å². The summed E-state index contributed by atoms with van der Waals surface area (Å²) in [5, 5.41) is 5.01. The molecule has 2 aromatic rings. The average Bonchev–Trinajstić information content (AvgIpc) is 2.72. The number of carbonyl (C=O) groups is 1. The Balaban J connectivity index is 2.26. The number of fused-ring (bicyclic) bond motifs is 1. The van der Waals surface area contributed by atoms with Crippen molar-refractivity contribution in [3.8, 4) is 0 Å². The summed E-state index contributed by atoms with van der Waals surface area (Å²) < 4.78 is 1.31. The van der Waals surface area contributed by atoms with Crippen LogP contribution < -0.4 is 5.56 Å². The van der Waals surface area contributed by atoms with E-state index >= 15 is 0 Å². The molecule has 6 heteroatoms. The zero-order valence-electron chi connectivity index (χ0n) is 12.8. The molecule has 112 valence electrons. The van der Waals surface area contributed by atoms with Crippen molar-refractivity contribution in [1.82, 2.24) is 9.66 Å². The van der Waals surface area contributed by atoms with Crippen molar-refractivity contribution in [2.45, 2.75) is 27.7 Å². The smallest absolute Gasteiger partial charge is 0.283 e. The molecule has 2 heterocycles. The summed E-state index contributed by atoms with van der Waals surface area (Å²) in [6, 6.07) is 0. The Morgan fingerprint density at radius 2 is 1.86 bits per heavy atom. The molecule has 3 rings (SSSR count). The van der Waals surface area contributed by atoms with E-state index in [1.54, 1.807) is 19.9 Å². The zero-order valence-corrected chi connectivity index (χ0v) is 13.6. The molecule has 0 fully saturated rings. The molecule has 0 saturated carbocycles. The van der Waals surface area contributed by atoms with E-state index in [1.807, 2.05) is 13.8 Å². The van der Waals surface area contributed by atoms with E-state index in [2.05, 4.69) is 10.1 Å². The van der Waals surface area contributed by atoms with Gasteiger partial charge in [-0.15, -0.1) is 11.3 Å². The molecule has 5 nitrogen and oxygen atoms in total. The molecule has 0 radical (unpaired) electrons. The Labute approximate surface area is 131 Å². The van der Waals surface area contributed by atoms with Gasteiger partial charge in [0.25, 0.3) is 5.56 Å². The van der Waals surface area contributed by atoms with E-state index < -0.39 is 0 Å². The molecule has 0 aromatic carbocycles. The van der Waals surface area contributed by atoms with Crippen LogP contribution in [0, 0.1) is 20.8 Å². The highest BCUT2D eigenvalue weighted by atomic mass is 32.1. The van der Waals surface area contributed by atoms with Crippen LogP contribution in [0.25, 0.3) is 10.2 Å². The molecule has 1 aliphatic rings. The maximum Gasteiger partial charge on any atom is 0.283 e. The first kappa shape index (κ1) is 14.6. The Morgan fingerprint density at radius 1 is 1.14 bits per heavy atom. The van der Waals surface area contributed by atoms with Crippen LogP contribution in [0.1, 0.15) is 23.2 Å². The van der Waals surface area contributed by atoms with Crippen LogP contribution in [0.4, 0.5) is 0 Å². The van der Waals surface area contributed by atoms with Gasteiger partial charge >= 0.3 is 0 Å². The highest BCUT2D eigenvalue weighted by Crippen LogP contribution is 2.26. The lowest BCUT2D eigenvalue weighted by molar-refractivity contribution is -0.110. The summed E-state index contributed by atoms with van der Waals surface area (Å²) in [4.78, 5) is 30.4. The fraction of sp³-hybridized carbons (Fsp3) is 0.250. The van der Waals surface area contributed by atoms with E-state index in [4.69, 9.17) is 0 Å². The third-order valence-electron chi connectivity index (χ3n) is 3.72. The highest BCUT2D eigenvalue weighted by molar-refractivity contribution is 7.18. The molecule has 22 heavy (non-hydrogen) atoms. The molecular formula is C16H15N3O2S. The third-order valence-corrected chi connectivity index (χ3v) is 4.82. The second-order valence-electron chi connectivity index (χ2n) is 5.29. The molecule has 0 aliphatic heterocycles. The summed E-state index contributed by atoms with van der Waals surface area (Å²) >= 11 is 1.52. The van der Waals surface area contributed by atoms with Gasteiger partial charge in [-0.2, -0.15) is 9.78 Å². The standard InChI is InChI=1S/C16H15N3O2S/c1-8-7-12(20)5-6-13(8)18-19-11(4)17-15-14(16(19)21)9(2)10(3)22-15/h5-7H,1-4H3/b18-13-. The summed E-state index contributed by atoms with van der Waals surface area (Å²) in [6.45, 7) is 7.46. The minimum absolute atomic E-state index is 0.0709. The molecular weight excluding hydrogens is 298 g/mol. The number of hydrogen-bond acceptors (Lipinski definition) is 5. The molecule has 0 unspecified atom stereocenters. The minimum atomic E-state index is -0.171. The van der Waals surface area contributed by atoms with Crippen molar-refractivity contribution in [3.63, 3.8) is 0 Å². The molecule has 0 spiro atoms. The molecule has 2 aromatic heterocycles. The van der Waals surface area contributed by atoms with Gasteiger partial charge in [0.1, 0.15) is 10.7 Å². The average molecular weight is 313 g/mol. The Hall–Kier alpha value is -2.34. The molecule has 0 bridgehead atoms. The van der Waals surface area contributed by atoms with Gasteiger partial charge in [-0.05, 0) is 57.1 Å². The Bertz CT molecular complexity index is 958. The van der Waals surface area contributed by atoms with Crippen LogP contribution in [-0.4, -0.2) is 21.2 Å². The fourth-order valence-electron chi connectivity index (χ4n) is 2.35. The van der Waals surface area contributed by atoms with Crippen molar-refractivity contribution in [2.75, 3.05) is 0 Å². The lowest BCUT2D eigenvalue weighted by Gasteiger charge is -2.08. The van der Waals surface area contributed by atoms with E-state index in [9.17, 15) is 9.59 Å². The summed E-state index contributed by atoms with van der Waals surface area (Å²) in [6.07, 6.45) is 4.57. The number of rotatable bonds is 1.